The van der Waals surface area contributed by atoms with Gasteiger partial charge in [-0.3, -0.25) is 0 Å². The molecule has 1 heterocycles. The minimum atomic E-state index is -0.241. The van der Waals surface area contributed by atoms with Crippen molar-refractivity contribution >= 4 is 11.3 Å². The van der Waals surface area contributed by atoms with Gasteiger partial charge in [0.2, 0.25) is 0 Å². The molecule has 2 rings (SSSR count). The second-order valence-electron chi connectivity index (χ2n) is 1.91. The molecule has 0 aliphatic rings. The van der Waals surface area contributed by atoms with E-state index in [0.29, 0.717) is 0 Å². The highest BCUT2D eigenvalue weighted by Gasteiger charge is 1.75. The van der Waals surface area contributed by atoms with Crippen LogP contribution in [-0.4, -0.2) is 0 Å². The normalized spacial score (nSPS) is 8.33. The van der Waals surface area contributed by atoms with Crippen molar-refractivity contribution in [1.82, 2.24) is 0 Å². The van der Waals surface area contributed by atoms with Gasteiger partial charge in [-0.05, 0) is 0 Å². The van der Waals surface area contributed by atoms with Crippen molar-refractivity contribution in [2.45, 2.75) is 0 Å². The predicted octanol–water partition coefficient (Wildman–Crippen LogP) is 2.39. The standard InChI is InChI=1S/C6H6.C3H2O2S/c1-2-4-6-5-3-1;4-3-5-1-2-6-3/h1-6H;1-2H. The summed E-state index contributed by atoms with van der Waals surface area (Å²) in [5.41, 5.74) is 0. The molecule has 0 unspecified atom stereocenters. The molecule has 0 amide bonds. The fourth-order valence-electron chi connectivity index (χ4n) is 0.579. The molecule has 62 valence electrons. The Kier molecular flexibility index (Phi) is 3.88. The van der Waals surface area contributed by atoms with Crippen molar-refractivity contribution in [3.8, 4) is 0 Å². The van der Waals surface area contributed by atoms with E-state index in [0.717, 1.165) is 11.3 Å². The largest absolute Gasteiger partial charge is 0.423 e. The van der Waals surface area contributed by atoms with Gasteiger partial charge in [0.15, 0.2) is 0 Å². The molecule has 1 aromatic heterocycles. The van der Waals surface area contributed by atoms with Crippen LogP contribution in [0.2, 0.25) is 0 Å². The van der Waals surface area contributed by atoms with Gasteiger partial charge in [0.05, 0.1) is 0 Å². The zero-order chi connectivity index (χ0) is 8.65. The highest BCUT2D eigenvalue weighted by Crippen LogP contribution is 1.81. The van der Waals surface area contributed by atoms with E-state index >= 15 is 0 Å². The molecule has 0 fully saturated rings. The molecule has 0 aliphatic carbocycles. The second kappa shape index (κ2) is 5.32. The first kappa shape index (κ1) is 8.74. The average Bonchev–Trinajstić information content (AvgIpc) is 2.60. The van der Waals surface area contributed by atoms with Gasteiger partial charge in [0.1, 0.15) is 6.26 Å². The molecule has 12 heavy (non-hydrogen) atoms. The van der Waals surface area contributed by atoms with Crippen molar-refractivity contribution in [3.05, 3.63) is 57.8 Å². The zero-order valence-electron chi connectivity index (χ0n) is 6.34. The smallest absolute Gasteiger partial charge is 0.394 e. The number of hydrogen-bond acceptors (Lipinski definition) is 3. The lowest BCUT2D eigenvalue weighted by atomic mass is 10.4. The highest BCUT2D eigenvalue weighted by molar-refractivity contribution is 7.06. The Morgan fingerprint density at radius 3 is 1.67 bits per heavy atom. The van der Waals surface area contributed by atoms with Crippen molar-refractivity contribution in [2.24, 2.45) is 0 Å². The molecule has 0 saturated heterocycles. The summed E-state index contributed by atoms with van der Waals surface area (Å²) in [5, 5.41) is 1.60. The van der Waals surface area contributed by atoms with Gasteiger partial charge in [-0.2, -0.15) is 0 Å². The van der Waals surface area contributed by atoms with Crippen molar-refractivity contribution < 1.29 is 4.42 Å². The van der Waals surface area contributed by atoms with Crippen LogP contribution in [0.5, 0.6) is 0 Å². The Morgan fingerprint density at radius 2 is 1.50 bits per heavy atom. The summed E-state index contributed by atoms with van der Waals surface area (Å²) in [6, 6.07) is 12.0. The summed E-state index contributed by atoms with van der Waals surface area (Å²) >= 11 is 1.06. The Hall–Kier alpha value is -1.35. The van der Waals surface area contributed by atoms with Crippen LogP contribution < -0.4 is 4.94 Å². The molecule has 0 spiro atoms. The van der Waals surface area contributed by atoms with E-state index in [1.54, 1.807) is 5.38 Å². The summed E-state index contributed by atoms with van der Waals surface area (Å²) in [7, 11) is 0. The summed E-state index contributed by atoms with van der Waals surface area (Å²) in [6.45, 7) is 0. The monoisotopic (exact) mass is 180 g/mol. The van der Waals surface area contributed by atoms with Gasteiger partial charge in [-0.25, -0.2) is 4.79 Å². The molecule has 0 atom stereocenters. The van der Waals surface area contributed by atoms with E-state index in [4.69, 9.17) is 0 Å². The molecule has 1 aromatic carbocycles. The number of rotatable bonds is 0. The van der Waals surface area contributed by atoms with E-state index in [-0.39, 0.29) is 4.94 Å². The van der Waals surface area contributed by atoms with Crippen LogP contribution in [0, 0.1) is 0 Å². The van der Waals surface area contributed by atoms with Crippen LogP contribution in [-0.2, 0) is 0 Å². The van der Waals surface area contributed by atoms with E-state index in [2.05, 4.69) is 4.42 Å². The zero-order valence-corrected chi connectivity index (χ0v) is 7.16. The first-order valence-corrected chi connectivity index (χ1v) is 4.30. The molecule has 0 bridgehead atoms. The third kappa shape index (κ3) is 3.73. The minimum Gasteiger partial charge on any atom is -0.423 e. The van der Waals surface area contributed by atoms with Gasteiger partial charge in [0.25, 0.3) is 0 Å². The lowest BCUT2D eigenvalue weighted by Crippen LogP contribution is -1.78. The van der Waals surface area contributed by atoms with E-state index in [1.807, 2.05) is 36.4 Å². The average molecular weight is 180 g/mol. The number of hydrogen-bond donors (Lipinski definition) is 0. The lowest BCUT2D eigenvalue weighted by Gasteiger charge is -1.69. The minimum absolute atomic E-state index is 0.241. The van der Waals surface area contributed by atoms with E-state index in [1.165, 1.54) is 6.26 Å². The molecule has 2 aromatic rings. The summed E-state index contributed by atoms with van der Waals surface area (Å²) < 4.78 is 4.30. The third-order valence-electron chi connectivity index (χ3n) is 1.05. The Balaban J connectivity index is 0.000000120. The van der Waals surface area contributed by atoms with Gasteiger partial charge < -0.3 is 4.42 Å². The second-order valence-corrected chi connectivity index (χ2v) is 2.75. The maximum Gasteiger partial charge on any atom is 0.394 e. The maximum absolute atomic E-state index is 9.92. The van der Waals surface area contributed by atoms with E-state index in [9.17, 15) is 4.79 Å². The van der Waals surface area contributed by atoms with Gasteiger partial charge in [0, 0.05) is 5.38 Å². The Bertz CT molecular complexity index is 293. The van der Waals surface area contributed by atoms with Crippen LogP contribution in [0.25, 0.3) is 0 Å². The van der Waals surface area contributed by atoms with E-state index < -0.39 is 0 Å². The molecule has 0 aliphatic heterocycles. The van der Waals surface area contributed by atoms with Crippen molar-refractivity contribution in [3.63, 3.8) is 0 Å². The quantitative estimate of drug-likeness (QED) is 0.623. The highest BCUT2D eigenvalue weighted by atomic mass is 32.1. The summed E-state index contributed by atoms with van der Waals surface area (Å²) in [5.74, 6) is 0. The number of benzene rings is 1. The maximum atomic E-state index is 9.92. The lowest BCUT2D eigenvalue weighted by molar-refractivity contribution is 0.537. The molecule has 0 N–H and O–H groups in total. The Morgan fingerprint density at radius 1 is 1.00 bits per heavy atom. The van der Waals surface area contributed by atoms with Gasteiger partial charge >= 0.3 is 4.94 Å². The van der Waals surface area contributed by atoms with Crippen molar-refractivity contribution in [1.29, 1.82) is 0 Å². The van der Waals surface area contributed by atoms with Crippen molar-refractivity contribution in [2.75, 3.05) is 0 Å². The first-order valence-electron chi connectivity index (χ1n) is 3.42. The molecular weight excluding hydrogens is 172 g/mol. The SMILES string of the molecule is O=c1occs1.c1ccccc1. The predicted molar refractivity (Wildman–Crippen MR) is 49.3 cm³/mol. The molecule has 3 heteroatoms. The topological polar surface area (TPSA) is 30.2 Å². The Labute approximate surface area is 74.1 Å². The van der Waals surface area contributed by atoms with Gasteiger partial charge in [-0.1, -0.05) is 47.7 Å². The van der Waals surface area contributed by atoms with Crippen LogP contribution in [0.15, 0.2) is 57.3 Å². The first-order chi connectivity index (χ1) is 5.89. The molecule has 2 nitrogen and oxygen atoms in total. The fraction of sp³-hybridized carbons (Fsp3) is 0. The fourth-order valence-corrected chi connectivity index (χ4v) is 0.913. The molecular formula is C9H8O2S. The van der Waals surface area contributed by atoms with Gasteiger partial charge in [-0.15, -0.1) is 0 Å². The summed E-state index contributed by atoms with van der Waals surface area (Å²) in [6.07, 6.45) is 1.37. The molecule has 0 radical (unpaired) electrons. The summed E-state index contributed by atoms with van der Waals surface area (Å²) in [4.78, 5) is 9.68. The third-order valence-corrected chi connectivity index (χ3v) is 1.59. The van der Waals surface area contributed by atoms with Crippen LogP contribution in [0.4, 0.5) is 0 Å². The van der Waals surface area contributed by atoms with Crippen LogP contribution in [0.1, 0.15) is 0 Å². The molecule has 0 saturated carbocycles. The van der Waals surface area contributed by atoms with Crippen LogP contribution in [0.3, 0.4) is 0 Å². The van der Waals surface area contributed by atoms with Crippen LogP contribution >= 0.6 is 11.3 Å².